The number of nitrogen functional groups attached to an aromatic ring is 1. The molecular weight excluding hydrogens is 262 g/mol. The minimum absolute atomic E-state index is 0.147. The van der Waals surface area contributed by atoms with Gasteiger partial charge in [0, 0.05) is 10.6 Å². The first-order valence-electron chi connectivity index (χ1n) is 5.66. The number of thioether (sulfide) groups is 1. The summed E-state index contributed by atoms with van der Waals surface area (Å²) in [5, 5.41) is 0. The number of anilines is 1. The highest BCUT2D eigenvalue weighted by molar-refractivity contribution is 7.98. The van der Waals surface area contributed by atoms with Crippen molar-refractivity contribution in [2.45, 2.75) is 11.8 Å². The molecule has 19 heavy (non-hydrogen) atoms. The van der Waals surface area contributed by atoms with Crippen molar-refractivity contribution in [1.29, 1.82) is 0 Å². The largest absolute Gasteiger partial charge is 0.464 e. The lowest BCUT2D eigenvalue weighted by Gasteiger charge is -2.08. The Labute approximate surface area is 115 Å². The second-order valence-corrected chi connectivity index (χ2v) is 4.80. The van der Waals surface area contributed by atoms with Gasteiger partial charge in [0.05, 0.1) is 7.11 Å². The lowest BCUT2D eigenvalue weighted by molar-refractivity contribution is 0.0596. The summed E-state index contributed by atoms with van der Waals surface area (Å²) in [5.74, 6) is 0.413. The number of methoxy groups -OCH3 is 1. The van der Waals surface area contributed by atoms with Gasteiger partial charge in [-0.3, -0.25) is 4.57 Å². The average molecular weight is 277 g/mol. The maximum absolute atomic E-state index is 11.6. The number of rotatable bonds is 3. The first kappa shape index (κ1) is 13.5. The molecule has 5 nitrogen and oxygen atoms in total. The Morgan fingerprint density at radius 2 is 2.00 bits per heavy atom. The van der Waals surface area contributed by atoms with Crippen molar-refractivity contribution in [3.05, 3.63) is 35.8 Å². The molecule has 0 spiro atoms. The fourth-order valence-electron chi connectivity index (χ4n) is 1.85. The van der Waals surface area contributed by atoms with Gasteiger partial charge in [-0.15, -0.1) is 11.8 Å². The SMILES string of the molecule is COC(=O)c1nc(C)n(-c2ccc(SC)cc2)c1N. The summed E-state index contributed by atoms with van der Waals surface area (Å²) in [6, 6.07) is 7.88. The van der Waals surface area contributed by atoms with Crippen LogP contribution in [0.1, 0.15) is 16.3 Å². The second-order valence-electron chi connectivity index (χ2n) is 3.92. The van der Waals surface area contributed by atoms with E-state index in [0.717, 1.165) is 10.6 Å². The minimum atomic E-state index is -0.528. The first-order chi connectivity index (χ1) is 9.08. The van der Waals surface area contributed by atoms with Gasteiger partial charge < -0.3 is 10.5 Å². The molecule has 1 aromatic heterocycles. The van der Waals surface area contributed by atoms with Gasteiger partial charge in [-0.2, -0.15) is 0 Å². The van der Waals surface area contributed by atoms with Crippen LogP contribution >= 0.6 is 11.8 Å². The van der Waals surface area contributed by atoms with E-state index in [1.807, 2.05) is 30.5 Å². The quantitative estimate of drug-likeness (QED) is 0.688. The molecule has 1 aromatic carbocycles. The molecule has 0 aliphatic carbocycles. The van der Waals surface area contributed by atoms with Gasteiger partial charge in [-0.25, -0.2) is 9.78 Å². The molecule has 0 radical (unpaired) electrons. The van der Waals surface area contributed by atoms with Gasteiger partial charge in [-0.1, -0.05) is 0 Å². The molecule has 0 saturated carbocycles. The number of aryl methyl sites for hydroxylation is 1. The van der Waals surface area contributed by atoms with Crippen molar-refractivity contribution in [2.75, 3.05) is 19.1 Å². The smallest absolute Gasteiger partial charge is 0.360 e. The molecule has 0 amide bonds. The molecule has 0 atom stereocenters. The molecule has 0 fully saturated rings. The van der Waals surface area contributed by atoms with E-state index < -0.39 is 5.97 Å². The van der Waals surface area contributed by atoms with E-state index in [4.69, 9.17) is 5.73 Å². The number of imidazole rings is 1. The van der Waals surface area contributed by atoms with Gasteiger partial charge >= 0.3 is 5.97 Å². The van der Waals surface area contributed by atoms with E-state index in [2.05, 4.69) is 9.72 Å². The van der Waals surface area contributed by atoms with Crippen molar-refractivity contribution >= 4 is 23.5 Å². The Bertz CT molecular complexity index is 605. The first-order valence-corrected chi connectivity index (χ1v) is 6.88. The molecule has 2 aromatic rings. The number of aromatic nitrogens is 2. The molecule has 0 aliphatic rings. The lowest BCUT2D eigenvalue weighted by Crippen LogP contribution is -2.07. The molecule has 1 heterocycles. The van der Waals surface area contributed by atoms with Gasteiger partial charge in [0.15, 0.2) is 5.69 Å². The zero-order chi connectivity index (χ0) is 14.0. The number of nitrogens with zero attached hydrogens (tertiary/aromatic N) is 2. The highest BCUT2D eigenvalue weighted by atomic mass is 32.2. The zero-order valence-electron chi connectivity index (χ0n) is 11.0. The van der Waals surface area contributed by atoms with E-state index in [-0.39, 0.29) is 5.69 Å². The molecule has 100 valence electrons. The van der Waals surface area contributed by atoms with Crippen molar-refractivity contribution in [3.63, 3.8) is 0 Å². The number of hydrogen-bond donors (Lipinski definition) is 1. The molecule has 0 unspecified atom stereocenters. The number of nitrogens with two attached hydrogens (primary N) is 1. The fourth-order valence-corrected chi connectivity index (χ4v) is 2.26. The van der Waals surface area contributed by atoms with Crippen molar-refractivity contribution < 1.29 is 9.53 Å². The zero-order valence-corrected chi connectivity index (χ0v) is 11.8. The Morgan fingerprint density at radius 1 is 1.37 bits per heavy atom. The van der Waals surface area contributed by atoms with Gasteiger partial charge in [-0.05, 0) is 37.4 Å². The van der Waals surface area contributed by atoms with Crippen LogP contribution in [0.15, 0.2) is 29.2 Å². The molecule has 0 saturated heterocycles. The number of carbonyl (C=O) groups is 1. The van der Waals surface area contributed by atoms with Crippen LogP contribution in [-0.4, -0.2) is 28.9 Å². The summed E-state index contributed by atoms with van der Waals surface area (Å²) in [7, 11) is 1.31. The molecular formula is C13H15N3O2S. The number of benzene rings is 1. The Morgan fingerprint density at radius 3 is 2.53 bits per heavy atom. The monoisotopic (exact) mass is 277 g/mol. The summed E-state index contributed by atoms with van der Waals surface area (Å²) in [4.78, 5) is 16.9. The highest BCUT2D eigenvalue weighted by Crippen LogP contribution is 2.23. The molecule has 2 N–H and O–H groups in total. The lowest BCUT2D eigenvalue weighted by atomic mass is 10.3. The summed E-state index contributed by atoms with van der Waals surface area (Å²) in [6.45, 7) is 1.80. The van der Waals surface area contributed by atoms with Crippen LogP contribution in [-0.2, 0) is 4.74 Å². The van der Waals surface area contributed by atoms with Crippen LogP contribution in [0.2, 0.25) is 0 Å². The Balaban J connectivity index is 2.49. The third-order valence-electron chi connectivity index (χ3n) is 2.79. The van der Waals surface area contributed by atoms with Crippen molar-refractivity contribution in [2.24, 2.45) is 0 Å². The Kier molecular flexibility index (Phi) is 3.80. The summed E-state index contributed by atoms with van der Waals surface area (Å²) >= 11 is 1.66. The van der Waals surface area contributed by atoms with Crippen LogP contribution in [0.3, 0.4) is 0 Å². The Hall–Kier alpha value is -1.95. The van der Waals surface area contributed by atoms with E-state index in [1.165, 1.54) is 7.11 Å². The van der Waals surface area contributed by atoms with Crippen molar-refractivity contribution in [3.8, 4) is 5.69 Å². The number of carbonyl (C=O) groups excluding carboxylic acids is 1. The highest BCUT2D eigenvalue weighted by Gasteiger charge is 2.19. The summed E-state index contributed by atoms with van der Waals surface area (Å²) in [5.41, 5.74) is 7.00. The molecule has 6 heteroatoms. The van der Waals surface area contributed by atoms with E-state index >= 15 is 0 Å². The van der Waals surface area contributed by atoms with Crippen LogP contribution in [0.25, 0.3) is 5.69 Å². The van der Waals surface area contributed by atoms with E-state index in [1.54, 1.807) is 23.3 Å². The predicted molar refractivity (Wildman–Crippen MR) is 75.8 cm³/mol. The van der Waals surface area contributed by atoms with Crippen molar-refractivity contribution in [1.82, 2.24) is 9.55 Å². The average Bonchev–Trinajstić information content (AvgIpc) is 2.73. The number of hydrogen-bond acceptors (Lipinski definition) is 5. The fraction of sp³-hybridized carbons (Fsp3) is 0.231. The van der Waals surface area contributed by atoms with Crippen LogP contribution in [0.4, 0.5) is 5.82 Å². The summed E-state index contributed by atoms with van der Waals surface area (Å²) < 4.78 is 6.39. The third kappa shape index (κ3) is 2.44. The maximum Gasteiger partial charge on any atom is 0.360 e. The van der Waals surface area contributed by atoms with E-state index in [9.17, 15) is 4.79 Å². The molecule has 2 rings (SSSR count). The topological polar surface area (TPSA) is 70.1 Å². The van der Waals surface area contributed by atoms with Gasteiger partial charge in [0.25, 0.3) is 0 Å². The normalized spacial score (nSPS) is 10.5. The van der Waals surface area contributed by atoms with Crippen LogP contribution in [0.5, 0.6) is 0 Å². The predicted octanol–water partition coefficient (Wildman–Crippen LogP) is 2.27. The second kappa shape index (κ2) is 5.36. The summed E-state index contributed by atoms with van der Waals surface area (Å²) in [6.07, 6.45) is 2.02. The molecule has 0 bridgehead atoms. The number of esters is 1. The van der Waals surface area contributed by atoms with Gasteiger partial charge in [0.1, 0.15) is 11.6 Å². The number of ether oxygens (including phenoxy) is 1. The standard InChI is InChI=1S/C13H15N3O2S/c1-8-15-11(13(17)18-2)12(14)16(8)9-4-6-10(19-3)7-5-9/h4-7H,14H2,1-3H3. The minimum Gasteiger partial charge on any atom is -0.464 e. The van der Waals surface area contributed by atoms with E-state index in [0.29, 0.717) is 11.6 Å². The third-order valence-corrected chi connectivity index (χ3v) is 3.53. The van der Waals surface area contributed by atoms with Crippen LogP contribution < -0.4 is 5.73 Å². The van der Waals surface area contributed by atoms with Crippen LogP contribution in [0, 0.1) is 6.92 Å². The van der Waals surface area contributed by atoms with Gasteiger partial charge in [0.2, 0.25) is 0 Å². The molecule has 0 aliphatic heterocycles. The maximum atomic E-state index is 11.6.